The molecule has 2 aliphatic heterocycles. The van der Waals surface area contributed by atoms with Crippen molar-refractivity contribution >= 4 is 65.0 Å². The van der Waals surface area contributed by atoms with Crippen molar-refractivity contribution < 1.29 is 46.4 Å². The van der Waals surface area contributed by atoms with Crippen molar-refractivity contribution in [1.82, 2.24) is 19.9 Å². The van der Waals surface area contributed by atoms with Crippen LogP contribution < -0.4 is 18.9 Å². The number of fused-ring (bicyclic) bond motifs is 2. The number of benzene rings is 6. The Morgan fingerprint density at radius 3 is 1.48 bits per heavy atom. The second-order valence-electron chi connectivity index (χ2n) is 24.1. The van der Waals surface area contributed by atoms with Gasteiger partial charge in [-0.1, -0.05) is 48.5 Å². The van der Waals surface area contributed by atoms with Crippen LogP contribution in [0, 0.1) is 13.8 Å². The van der Waals surface area contributed by atoms with Crippen LogP contribution >= 0.6 is 0 Å². The first kappa shape index (κ1) is 59.1. The van der Waals surface area contributed by atoms with Crippen molar-refractivity contribution in [3.8, 4) is 45.5 Å². The number of Topliss-reactive ketones (excluding diaryl/α,β-unsaturated/α-hetero) is 2. The highest BCUT2D eigenvalue weighted by Gasteiger charge is 2.34. The molecule has 12 rings (SSSR count). The first-order valence-electron chi connectivity index (χ1n) is 28.9. The third-order valence-electron chi connectivity index (χ3n) is 15.3. The predicted octanol–water partition coefficient (Wildman–Crippen LogP) is 14.8. The van der Waals surface area contributed by atoms with E-state index >= 15 is 0 Å². The normalized spacial score (nSPS) is 13.8. The van der Waals surface area contributed by atoms with E-state index in [1.165, 1.54) is 17.4 Å². The molecule has 2 aliphatic rings. The molecule has 6 aromatic carbocycles. The Balaban J connectivity index is 0.000000179. The summed E-state index contributed by atoms with van der Waals surface area (Å²) >= 11 is 0. The van der Waals surface area contributed by atoms with Gasteiger partial charge < -0.3 is 28.4 Å². The lowest BCUT2D eigenvalue weighted by Crippen LogP contribution is -2.27. The Bertz CT molecular complexity index is 4400. The van der Waals surface area contributed by atoms with E-state index in [0.717, 1.165) is 113 Å². The molecular formula is C71H70N4O10S. The number of hydrogen-bond acceptors (Lipinski definition) is 14. The number of nitrogens with zero attached hydrogens (tertiary/aromatic N) is 4. The molecule has 0 saturated heterocycles. The van der Waals surface area contributed by atoms with Crippen LogP contribution in [0.2, 0.25) is 0 Å². The first-order chi connectivity index (χ1) is 41.0. The number of carbonyl (C=O) groups is 2. The van der Waals surface area contributed by atoms with Crippen molar-refractivity contribution in [2.45, 2.75) is 124 Å². The van der Waals surface area contributed by atoms with Crippen molar-refractivity contribution in [1.29, 1.82) is 0 Å². The molecule has 0 saturated carbocycles. The first-order valence-corrected chi connectivity index (χ1v) is 30.8. The Labute approximate surface area is 501 Å². The number of hydrogen-bond donors (Lipinski definition) is 0. The molecule has 2 atom stereocenters. The predicted molar refractivity (Wildman–Crippen MR) is 336 cm³/mol. The largest absolute Gasteiger partial charge is 0.493 e. The molecule has 0 aliphatic carbocycles. The van der Waals surface area contributed by atoms with E-state index in [4.69, 9.17) is 48.4 Å². The molecule has 15 heteroatoms. The van der Waals surface area contributed by atoms with Crippen molar-refractivity contribution in [3.05, 3.63) is 184 Å². The zero-order valence-corrected chi connectivity index (χ0v) is 51.3. The van der Waals surface area contributed by atoms with Gasteiger partial charge in [-0.15, -0.1) is 0 Å². The summed E-state index contributed by atoms with van der Waals surface area (Å²) in [5.41, 5.74) is 12.8. The molecule has 10 aromatic rings. The topological polar surface area (TPSA) is 175 Å². The number of aromatic nitrogens is 4. The fraction of sp³-hybridized carbons (Fsp3) is 0.296. The smallest absolute Gasteiger partial charge is 0.214 e. The molecule has 14 nitrogen and oxygen atoms in total. The van der Waals surface area contributed by atoms with Crippen LogP contribution in [0.5, 0.6) is 23.3 Å². The van der Waals surface area contributed by atoms with E-state index in [2.05, 4.69) is 6.07 Å². The standard InChI is InChI=1S/C36H36N2O6S.C35H34N2O4/c1-21-19-27-25(12-14-30(38-27)43-20-24-9-7-8-10-29(24)45(6,40)41)33(31(21)35(22(2)39)44-36(3,4)5)26-11-13-28-32-23(16-18-42-28)15-17-37-34(26)32;1-21-19-27-25(12-14-29(37-27)40-20-23-9-7-6-8-10-23)32(30(21)34(22(2)38)41-35(3,4)5)26-11-13-28-31-24(16-18-39-28)15-17-36-33(26)31/h7-15,17,19,35H,16,18,20H2,1-6H3;6-15,17,19,34H,16,18,20H2,1-5H3/t35-;34-/m11/s1. The van der Waals surface area contributed by atoms with E-state index in [1.54, 1.807) is 44.2 Å². The highest BCUT2D eigenvalue weighted by molar-refractivity contribution is 7.90. The molecule has 86 heavy (non-hydrogen) atoms. The highest BCUT2D eigenvalue weighted by atomic mass is 32.2. The van der Waals surface area contributed by atoms with Crippen molar-refractivity contribution in [2.24, 2.45) is 0 Å². The summed E-state index contributed by atoms with van der Waals surface area (Å²) in [6.45, 7) is 20.6. The van der Waals surface area contributed by atoms with Gasteiger partial charge in [-0.2, -0.15) is 0 Å². The van der Waals surface area contributed by atoms with Gasteiger partial charge in [0.2, 0.25) is 11.8 Å². The van der Waals surface area contributed by atoms with Crippen LogP contribution in [0.15, 0.2) is 145 Å². The third kappa shape index (κ3) is 12.3. The van der Waals surface area contributed by atoms with Gasteiger partial charge in [-0.05, 0) is 186 Å². The van der Waals surface area contributed by atoms with E-state index in [9.17, 15) is 18.0 Å². The van der Waals surface area contributed by atoms with E-state index in [0.29, 0.717) is 42.7 Å². The van der Waals surface area contributed by atoms with E-state index in [1.807, 2.05) is 159 Å². The Morgan fingerprint density at radius 1 is 0.570 bits per heavy atom. The lowest BCUT2D eigenvalue weighted by atomic mass is 9.86. The van der Waals surface area contributed by atoms with Gasteiger partial charge in [-0.25, -0.2) is 18.4 Å². The molecule has 0 spiro atoms. The Morgan fingerprint density at radius 2 is 1.02 bits per heavy atom. The zero-order chi connectivity index (χ0) is 60.8. The molecule has 0 fully saturated rings. The fourth-order valence-corrected chi connectivity index (χ4v) is 12.6. The SMILES string of the molecule is CC(=O)[C@@H](OC(C)(C)C)c1c(C)cc2nc(OCc3ccccc3)ccc2c1-c1ccc2c3c(ccnc13)CCO2.CC(=O)[C@@H](OC(C)(C)C)c1c(C)cc2nc(OCc3ccccc3S(C)(=O)=O)ccc2c1-c1ccc2c3c(ccnc13)CCO2. The van der Waals surface area contributed by atoms with Gasteiger partial charge >= 0.3 is 0 Å². The van der Waals surface area contributed by atoms with Gasteiger partial charge in [0.1, 0.15) is 36.9 Å². The van der Waals surface area contributed by atoms with Crippen LogP contribution in [-0.2, 0) is 55.0 Å². The fourth-order valence-electron chi connectivity index (χ4n) is 11.7. The minimum absolute atomic E-state index is 0.0380. The number of pyridine rings is 4. The summed E-state index contributed by atoms with van der Waals surface area (Å²) in [7, 11) is -3.42. The molecule has 0 amide bonds. The second kappa shape index (κ2) is 23.7. The summed E-state index contributed by atoms with van der Waals surface area (Å²) < 4.78 is 61.6. The number of rotatable bonds is 15. The van der Waals surface area contributed by atoms with Crippen LogP contribution in [0.4, 0.5) is 0 Å². The molecule has 0 unspecified atom stereocenters. The van der Waals surface area contributed by atoms with E-state index in [-0.39, 0.29) is 23.1 Å². The Kier molecular flexibility index (Phi) is 16.3. The van der Waals surface area contributed by atoms with Gasteiger partial charge in [0.15, 0.2) is 21.4 Å². The summed E-state index contributed by atoms with van der Waals surface area (Å²) in [5.74, 6) is 2.35. The maximum absolute atomic E-state index is 13.3. The minimum atomic E-state index is -3.42. The number of sulfone groups is 1. The second-order valence-corrected chi connectivity index (χ2v) is 26.1. The molecular weight excluding hydrogens is 1100 g/mol. The maximum atomic E-state index is 13.3. The Hall–Kier alpha value is -8.63. The lowest BCUT2D eigenvalue weighted by molar-refractivity contribution is -0.139. The average Bonchev–Trinajstić information content (AvgIpc) is 0.795. The van der Waals surface area contributed by atoms with Crippen molar-refractivity contribution in [2.75, 3.05) is 19.5 Å². The van der Waals surface area contributed by atoms with Gasteiger partial charge in [0.25, 0.3) is 0 Å². The maximum Gasteiger partial charge on any atom is 0.214 e. The van der Waals surface area contributed by atoms with Gasteiger partial charge in [-0.3, -0.25) is 19.6 Å². The van der Waals surface area contributed by atoms with E-state index < -0.39 is 33.2 Å². The minimum Gasteiger partial charge on any atom is -0.493 e. The van der Waals surface area contributed by atoms with Gasteiger partial charge in [0, 0.05) is 81.9 Å². The third-order valence-corrected chi connectivity index (χ3v) is 16.5. The summed E-state index contributed by atoms with van der Waals surface area (Å²) in [5, 5.41) is 3.70. The van der Waals surface area contributed by atoms with Gasteiger partial charge in [0.05, 0.1) is 51.4 Å². The number of carbonyl (C=O) groups excluding carboxylic acids is 2. The highest BCUT2D eigenvalue weighted by Crippen LogP contribution is 2.48. The molecule has 4 aromatic heterocycles. The molecule has 440 valence electrons. The molecule has 0 radical (unpaired) electrons. The van der Waals surface area contributed by atoms with Crippen molar-refractivity contribution in [3.63, 3.8) is 0 Å². The molecule has 0 bridgehead atoms. The lowest BCUT2D eigenvalue weighted by Gasteiger charge is -2.30. The number of ether oxygens (including phenoxy) is 6. The monoisotopic (exact) mass is 1170 g/mol. The quantitative estimate of drug-likeness (QED) is 0.0947. The summed E-state index contributed by atoms with van der Waals surface area (Å²) in [6.07, 6.45) is 4.88. The average molecular weight is 1170 g/mol. The molecule has 6 heterocycles. The number of aryl methyl sites for hydroxylation is 2. The van der Waals surface area contributed by atoms with Crippen LogP contribution in [-0.4, -0.2) is 70.6 Å². The molecule has 0 N–H and O–H groups in total. The van der Waals surface area contributed by atoms with Crippen LogP contribution in [0.25, 0.3) is 65.9 Å². The van der Waals surface area contributed by atoms with Crippen LogP contribution in [0.1, 0.15) is 112 Å². The van der Waals surface area contributed by atoms with Crippen LogP contribution in [0.3, 0.4) is 0 Å². The summed E-state index contributed by atoms with van der Waals surface area (Å²) in [6, 6.07) is 40.5. The summed E-state index contributed by atoms with van der Waals surface area (Å²) in [4.78, 5) is 46.1. The number of ketones is 2. The zero-order valence-electron chi connectivity index (χ0n) is 50.5.